The monoisotopic (exact) mass is 490 g/mol. The van der Waals surface area contributed by atoms with E-state index in [0.717, 1.165) is 0 Å². The van der Waals surface area contributed by atoms with Crippen molar-refractivity contribution in [2.24, 2.45) is 5.41 Å². The molecule has 1 aliphatic rings. The number of benzene rings is 3. The Bertz CT molecular complexity index is 1180. The third-order valence-electron chi connectivity index (χ3n) is 6.02. The number of rotatable bonds is 8. The Labute approximate surface area is 208 Å². The number of ether oxygens (including phenoxy) is 4. The highest BCUT2D eigenvalue weighted by molar-refractivity contribution is 5.90. The zero-order valence-corrected chi connectivity index (χ0v) is 19.6. The lowest BCUT2D eigenvalue weighted by atomic mass is 9.84. The smallest absolute Gasteiger partial charge is 0.340 e. The summed E-state index contributed by atoms with van der Waals surface area (Å²) in [5, 5.41) is 10.3. The molecule has 1 aliphatic heterocycles. The predicted molar refractivity (Wildman–Crippen MR) is 128 cm³/mol. The normalized spacial score (nSPS) is 23.0. The van der Waals surface area contributed by atoms with Gasteiger partial charge in [-0.25, -0.2) is 14.4 Å². The second kappa shape index (κ2) is 11.2. The number of esters is 3. The van der Waals surface area contributed by atoms with E-state index in [9.17, 15) is 19.5 Å². The molecule has 3 aromatic carbocycles. The molecule has 8 heteroatoms. The first-order valence-electron chi connectivity index (χ1n) is 11.4. The van der Waals surface area contributed by atoms with Crippen molar-refractivity contribution in [1.29, 1.82) is 0 Å². The summed E-state index contributed by atoms with van der Waals surface area (Å²) in [6.07, 6.45) is -3.37. The SMILES string of the molecule is CC1(CO)C(OC(=O)c2ccccc2)O[C@H](COC(=O)c2ccccc2)C1OC(=O)c1ccccc1. The Balaban J connectivity index is 1.56. The molecule has 8 nitrogen and oxygen atoms in total. The van der Waals surface area contributed by atoms with Gasteiger partial charge in [-0.3, -0.25) is 0 Å². The minimum absolute atomic E-state index is 0.290. The van der Waals surface area contributed by atoms with Crippen LogP contribution in [0.1, 0.15) is 38.0 Å². The first-order valence-corrected chi connectivity index (χ1v) is 11.4. The fourth-order valence-corrected chi connectivity index (χ4v) is 3.92. The zero-order chi connectivity index (χ0) is 25.5. The fourth-order valence-electron chi connectivity index (χ4n) is 3.92. The second-order valence-corrected chi connectivity index (χ2v) is 8.60. The van der Waals surface area contributed by atoms with Gasteiger partial charge in [0.25, 0.3) is 0 Å². The van der Waals surface area contributed by atoms with Crippen LogP contribution in [0.25, 0.3) is 0 Å². The highest BCUT2D eigenvalue weighted by atomic mass is 16.7. The van der Waals surface area contributed by atoms with Crippen LogP contribution in [-0.2, 0) is 18.9 Å². The molecule has 186 valence electrons. The van der Waals surface area contributed by atoms with Crippen molar-refractivity contribution < 1.29 is 38.4 Å². The Hall–Kier alpha value is -4.01. The maximum atomic E-state index is 12.9. The van der Waals surface area contributed by atoms with Gasteiger partial charge >= 0.3 is 17.9 Å². The molecule has 1 fully saturated rings. The van der Waals surface area contributed by atoms with Crippen molar-refractivity contribution in [3.8, 4) is 0 Å². The van der Waals surface area contributed by atoms with Gasteiger partial charge in [0.2, 0.25) is 6.29 Å². The standard InChI is InChI=1S/C28H26O8/c1-28(18-29)23(35-25(31)20-13-7-3-8-14-20)22(17-33-24(30)19-11-5-2-6-12-19)34-27(28)36-26(32)21-15-9-4-10-16-21/h2-16,22-23,27,29H,17-18H2,1H3/t22-,23?,27?,28?/m1/s1. The van der Waals surface area contributed by atoms with Crippen LogP contribution in [0.3, 0.4) is 0 Å². The Morgan fingerprint density at radius 3 is 1.67 bits per heavy atom. The van der Waals surface area contributed by atoms with E-state index in [1.165, 1.54) is 0 Å². The first-order chi connectivity index (χ1) is 17.4. The van der Waals surface area contributed by atoms with E-state index < -0.39 is 48.4 Å². The van der Waals surface area contributed by atoms with Crippen LogP contribution in [0.15, 0.2) is 91.0 Å². The maximum Gasteiger partial charge on any atom is 0.340 e. The summed E-state index contributed by atoms with van der Waals surface area (Å²) in [5.41, 5.74) is -0.412. The Morgan fingerprint density at radius 2 is 1.19 bits per heavy atom. The summed E-state index contributed by atoms with van der Waals surface area (Å²) < 4.78 is 22.7. The van der Waals surface area contributed by atoms with Crippen molar-refractivity contribution in [2.75, 3.05) is 13.2 Å². The number of aliphatic hydroxyl groups excluding tert-OH is 1. The first kappa shape index (κ1) is 25.1. The summed E-state index contributed by atoms with van der Waals surface area (Å²) in [6, 6.07) is 25.0. The van der Waals surface area contributed by atoms with Gasteiger partial charge in [-0.2, -0.15) is 0 Å². The molecule has 4 atom stereocenters. The van der Waals surface area contributed by atoms with Crippen LogP contribution >= 0.6 is 0 Å². The summed E-state index contributed by atoms with van der Waals surface area (Å²) in [7, 11) is 0. The van der Waals surface area contributed by atoms with Crippen LogP contribution in [0.2, 0.25) is 0 Å². The number of hydrogen-bond acceptors (Lipinski definition) is 8. The third kappa shape index (κ3) is 5.45. The number of carbonyl (C=O) groups is 3. The minimum Gasteiger partial charge on any atom is -0.459 e. The van der Waals surface area contributed by atoms with Gasteiger partial charge < -0.3 is 24.1 Å². The summed E-state index contributed by atoms with van der Waals surface area (Å²) in [4.78, 5) is 38.1. The van der Waals surface area contributed by atoms with E-state index in [-0.39, 0.29) is 12.2 Å². The number of aliphatic hydroxyl groups is 1. The summed E-state index contributed by atoms with van der Waals surface area (Å²) in [6.45, 7) is 0.753. The van der Waals surface area contributed by atoms with Gasteiger partial charge in [0.1, 0.15) is 18.8 Å². The van der Waals surface area contributed by atoms with Gasteiger partial charge in [0.15, 0.2) is 0 Å². The molecule has 1 N–H and O–H groups in total. The van der Waals surface area contributed by atoms with Crippen molar-refractivity contribution in [3.05, 3.63) is 108 Å². The molecular formula is C28H26O8. The third-order valence-corrected chi connectivity index (χ3v) is 6.02. The van der Waals surface area contributed by atoms with Crippen LogP contribution < -0.4 is 0 Å². The van der Waals surface area contributed by atoms with Gasteiger partial charge in [0.05, 0.1) is 28.7 Å². The Kier molecular flexibility index (Phi) is 7.77. The van der Waals surface area contributed by atoms with Crippen LogP contribution in [0, 0.1) is 5.41 Å². The van der Waals surface area contributed by atoms with E-state index in [1.54, 1.807) is 97.9 Å². The molecule has 0 bridgehead atoms. The van der Waals surface area contributed by atoms with Crippen LogP contribution in [0.4, 0.5) is 0 Å². The molecule has 3 aromatic rings. The maximum absolute atomic E-state index is 12.9. The molecule has 36 heavy (non-hydrogen) atoms. The molecular weight excluding hydrogens is 464 g/mol. The van der Waals surface area contributed by atoms with Gasteiger partial charge in [-0.1, -0.05) is 54.6 Å². The number of hydrogen-bond donors (Lipinski definition) is 1. The van der Waals surface area contributed by atoms with E-state index in [1.807, 2.05) is 0 Å². The quantitative estimate of drug-likeness (QED) is 0.377. The van der Waals surface area contributed by atoms with E-state index in [4.69, 9.17) is 18.9 Å². The molecule has 0 saturated carbocycles. The van der Waals surface area contributed by atoms with Crippen LogP contribution in [-0.4, -0.2) is 54.7 Å². The highest BCUT2D eigenvalue weighted by Crippen LogP contribution is 2.42. The van der Waals surface area contributed by atoms with Gasteiger partial charge in [-0.05, 0) is 43.3 Å². The average Bonchev–Trinajstić information content (AvgIpc) is 3.19. The summed E-state index contributed by atoms with van der Waals surface area (Å²) in [5.74, 6) is -1.92. The molecule has 1 heterocycles. The lowest BCUT2D eigenvalue weighted by Gasteiger charge is -2.32. The van der Waals surface area contributed by atoms with Crippen molar-refractivity contribution in [1.82, 2.24) is 0 Å². The van der Waals surface area contributed by atoms with E-state index in [0.29, 0.717) is 11.1 Å². The lowest BCUT2D eigenvalue weighted by Crippen LogP contribution is -2.46. The minimum atomic E-state index is -1.33. The molecule has 0 spiro atoms. The fraction of sp³-hybridized carbons (Fsp3) is 0.250. The van der Waals surface area contributed by atoms with Crippen molar-refractivity contribution in [3.63, 3.8) is 0 Å². The molecule has 3 unspecified atom stereocenters. The second-order valence-electron chi connectivity index (χ2n) is 8.60. The van der Waals surface area contributed by atoms with E-state index in [2.05, 4.69) is 0 Å². The molecule has 0 aromatic heterocycles. The average molecular weight is 491 g/mol. The Morgan fingerprint density at radius 1 is 0.750 bits per heavy atom. The predicted octanol–water partition coefficient (Wildman–Crippen LogP) is 3.65. The van der Waals surface area contributed by atoms with E-state index >= 15 is 0 Å². The van der Waals surface area contributed by atoms with Crippen molar-refractivity contribution in [2.45, 2.75) is 25.4 Å². The number of carbonyl (C=O) groups excluding carboxylic acids is 3. The lowest BCUT2D eigenvalue weighted by molar-refractivity contribution is -0.152. The topological polar surface area (TPSA) is 108 Å². The molecule has 0 radical (unpaired) electrons. The highest BCUT2D eigenvalue weighted by Gasteiger charge is 2.58. The summed E-state index contributed by atoms with van der Waals surface area (Å²) >= 11 is 0. The van der Waals surface area contributed by atoms with Crippen molar-refractivity contribution >= 4 is 17.9 Å². The molecule has 1 saturated heterocycles. The van der Waals surface area contributed by atoms with Gasteiger partial charge in [-0.15, -0.1) is 0 Å². The molecule has 0 amide bonds. The largest absolute Gasteiger partial charge is 0.459 e. The molecule has 0 aliphatic carbocycles. The van der Waals surface area contributed by atoms with Crippen LogP contribution in [0.5, 0.6) is 0 Å². The zero-order valence-electron chi connectivity index (χ0n) is 19.6. The van der Waals surface area contributed by atoms with Gasteiger partial charge in [0, 0.05) is 0 Å². The molecule has 4 rings (SSSR count).